The number of aliphatic hydroxyl groups is 1. The van der Waals surface area contributed by atoms with Crippen LogP contribution in [0, 0.1) is 0 Å². The van der Waals surface area contributed by atoms with E-state index in [1.54, 1.807) is 43.5 Å². The Morgan fingerprint density at radius 2 is 1.89 bits per heavy atom. The zero-order valence-electron chi connectivity index (χ0n) is 15.9. The van der Waals surface area contributed by atoms with Crippen LogP contribution < -0.4 is 19.5 Å². The van der Waals surface area contributed by atoms with Crippen LogP contribution in [-0.2, 0) is 11.2 Å². The molecule has 1 amide bonds. The third kappa shape index (κ3) is 5.79. The number of hydrogen-bond acceptors (Lipinski definition) is 6. The van der Waals surface area contributed by atoms with E-state index in [0.717, 1.165) is 0 Å². The second-order valence-corrected chi connectivity index (χ2v) is 6.26. The standard InChI is InChI=1S/C20H25NO6/c1-20(23,12-15-6-5-9-27-15)13-21-18(22)8-7-14-10-16(24-2)19(26-4)17(11-14)25-3/h5-11,23H,12-13H2,1-4H3,(H,21,22)/b8-7+. The van der Waals surface area contributed by atoms with Gasteiger partial charge >= 0.3 is 0 Å². The number of ether oxygens (including phenoxy) is 3. The number of methoxy groups -OCH3 is 3. The van der Waals surface area contributed by atoms with E-state index >= 15 is 0 Å². The van der Waals surface area contributed by atoms with E-state index in [0.29, 0.717) is 35.0 Å². The van der Waals surface area contributed by atoms with Crippen LogP contribution in [0.1, 0.15) is 18.2 Å². The van der Waals surface area contributed by atoms with Gasteiger partial charge in [0.15, 0.2) is 11.5 Å². The number of furan rings is 1. The Bertz CT molecular complexity index is 755. The van der Waals surface area contributed by atoms with Crippen molar-refractivity contribution in [2.75, 3.05) is 27.9 Å². The van der Waals surface area contributed by atoms with E-state index < -0.39 is 5.60 Å². The molecule has 0 bridgehead atoms. The number of hydrogen-bond donors (Lipinski definition) is 2. The molecule has 1 heterocycles. The summed E-state index contributed by atoms with van der Waals surface area (Å²) < 4.78 is 21.1. The van der Waals surface area contributed by atoms with Crippen molar-refractivity contribution in [3.05, 3.63) is 47.9 Å². The van der Waals surface area contributed by atoms with Crippen LogP contribution in [0.2, 0.25) is 0 Å². The number of benzene rings is 1. The van der Waals surface area contributed by atoms with Crippen LogP contribution >= 0.6 is 0 Å². The molecule has 0 aliphatic carbocycles. The summed E-state index contributed by atoms with van der Waals surface area (Å²) in [6.07, 6.45) is 4.85. The van der Waals surface area contributed by atoms with Crippen LogP contribution in [0.3, 0.4) is 0 Å². The quantitative estimate of drug-likeness (QED) is 0.654. The van der Waals surface area contributed by atoms with E-state index in [-0.39, 0.29) is 12.5 Å². The summed E-state index contributed by atoms with van der Waals surface area (Å²) in [4.78, 5) is 12.1. The van der Waals surface area contributed by atoms with E-state index in [9.17, 15) is 9.90 Å². The minimum absolute atomic E-state index is 0.0894. The molecule has 27 heavy (non-hydrogen) atoms. The smallest absolute Gasteiger partial charge is 0.244 e. The van der Waals surface area contributed by atoms with Crippen molar-refractivity contribution in [3.8, 4) is 17.2 Å². The molecular formula is C20H25NO6. The molecule has 0 saturated heterocycles. The first-order valence-electron chi connectivity index (χ1n) is 8.39. The molecule has 1 atom stereocenters. The molecule has 0 radical (unpaired) electrons. The fourth-order valence-electron chi connectivity index (χ4n) is 2.56. The van der Waals surface area contributed by atoms with Gasteiger partial charge in [0.25, 0.3) is 0 Å². The molecular weight excluding hydrogens is 350 g/mol. The predicted octanol–water partition coefficient (Wildman–Crippen LogP) is 2.43. The second kappa shape index (κ2) is 9.14. The highest BCUT2D eigenvalue weighted by Gasteiger charge is 2.22. The molecule has 0 aliphatic heterocycles. The second-order valence-electron chi connectivity index (χ2n) is 6.26. The SMILES string of the molecule is COc1cc(/C=C/C(=O)NCC(C)(O)Cc2ccco2)cc(OC)c1OC. The molecule has 0 spiro atoms. The third-order valence-corrected chi connectivity index (χ3v) is 3.89. The van der Waals surface area contributed by atoms with Crippen molar-refractivity contribution < 1.29 is 28.5 Å². The molecule has 1 aromatic heterocycles. The summed E-state index contributed by atoms with van der Waals surface area (Å²) in [5.41, 5.74) is -0.407. The summed E-state index contributed by atoms with van der Waals surface area (Å²) in [5, 5.41) is 13.0. The monoisotopic (exact) mass is 375 g/mol. The number of nitrogens with one attached hydrogen (secondary N) is 1. The molecule has 2 N–H and O–H groups in total. The fourth-order valence-corrected chi connectivity index (χ4v) is 2.56. The predicted molar refractivity (Wildman–Crippen MR) is 101 cm³/mol. The summed E-state index contributed by atoms with van der Waals surface area (Å²) in [7, 11) is 4.58. The fraction of sp³-hybridized carbons (Fsp3) is 0.350. The van der Waals surface area contributed by atoms with Crippen molar-refractivity contribution in [1.29, 1.82) is 0 Å². The first kappa shape index (κ1) is 20.4. The lowest BCUT2D eigenvalue weighted by Crippen LogP contribution is -2.41. The minimum Gasteiger partial charge on any atom is -0.493 e. The summed E-state index contributed by atoms with van der Waals surface area (Å²) in [5.74, 6) is 1.80. The van der Waals surface area contributed by atoms with Gasteiger partial charge in [0.05, 0.1) is 33.2 Å². The van der Waals surface area contributed by atoms with Gasteiger partial charge in [-0.25, -0.2) is 0 Å². The number of carbonyl (C=O) groups excluding carboxylic acids is 1. The zero-order chi connectivity index (χ0) is 19.9. The first-order chi connectivity index (χ1) is 12.9. The van der Waals surface area contributed by atoms with Gasteiger partial charge in [-0.1, -0.05) is 0 Å². The van der Waals surface area contributed by atoms with E-state index in [1.165, 1.54) is 27.4 Å². The maximum absolute atomic E-state index is 12.1. The van der Waals surface area contributed by atoms with Gasteiger partial charge in [-0.2, -0.15) is 0 Å². The minimum atomic E-state index is -1.12. The molecule has 7 nitrogen and oxygen atoms in total. The van der Waals surface area contributed by atoms with Gasteiger partial charge in [-0.3, -0.25) is 4.79 Å². The molecule has 0 aliphatic rings. The van der Waals surface area contributed by atoms with Crippen LogP contribution in [0.4, 0.5) is 0 Å². The highest BCUT2D eigenvalue weighted by Crippen LogP contribution is 2.38. The zero-order valence-corrected chi connectivity index (χ0v) is 15.9. The van der Waals surface area contributed by atoms with Crippen LogP contribution in [0.25, 0.3) is 6.08 Å². The van der Waals surface area contributed by atoms with Crippen molar-refractivity contribution in [2.45, 2.75) is 18.9 Å². The van der Waals surface area contributed by atoms with Gasteiger partial charge in [0.2, 0.25) is 11.7 Å². The number of carbonyl (C=O) groups is 1. The molecule has 0 saturated carbocycles. The maximum atomic E-state index is 12.1. The average Bonchev–Trinajstić information content (AvgIpc) is 3.15. The van der Waals surface area contributed by atoms with Crippen molar-refractivity contribution >= 4 is 12.0 Å². The maximum Gasteiger partial charge on any atom is 0.244 e. The Kier molecular flexibility index (Phi) is 6.90. The Morgan fingerprint density at radius 1 is 1.22 bits per heavy atom. The van der Waals surface area contributed by atoms with Gasteiger partial charge < -0.3 is 29.1 Å². The Balaban J connectivity index is 1.99. The van der Waals surface area contributed by atoms with Gasteiger partial charge in [-0.05, 0) is 42.8 Å². The molecule has 0 fully saturated rings. The summed E-state index contributed by atoms with van der Waals surface area (Å²) in [6, 6.07) is 7.00. The van der Waals surface area contributed by atoms with Gasteiger partial charge in [-0.15, -0.1) is 0 Å². The summed E-state index contributed by atoms with van der Waals surface area (Å²) >= 11 is 0. The highest BCUT2D eigenvalue weighted by molar-refractivity contribution is 5.92. The lowest BCUT2D eigenvalue weighted by atomic mass is 10.0. The molecule has 7 heteroatoms. The molecule has 2 rings (SSSR count). The average molecular weight is 375 g/mol. The first-order valence-corrected chi connectivity index (χ1v) is 8.39. The van der Waals surface area contributed by atoms with Crippen LogP contribution in [-0.4, -0.2) is 44.5 Å². The lowest BCUT2D eigenvalue weighted by Gasteiger charge is -2.22. The van der Waals surface area contributed by atoms with E-state index in [4.69, 9.17) is 18.6 Å². The normalized spacial score (nSPS) is 13.2. The molecule has 146 valence electrons. The summed E-state index contributed by atoms with van der Waals surface area (Å²) in [6.45, 7) is 1.73. The van der Waals surface area contributed by atoms with Crippen molar-refractivity contribution in [1.82, 2.24) is 5.32 Å². The highest BCUT2D eigenvalue weighted by atomic mass is 16.5. The Labute approximate surface area is 158 Å². The lowest BCUT2D eigenvalue weighted by molar-refractivity contribution is -0.117. The van der Waals surface area contributed by atoms with E-state index in [1.807, 2.05) is 0 Å². The molecule has 1 aromatic carbocycles. The number of rotatable bonds is 9. The van der Waals surface area contributed by atoms with Crippen LogP contribution in [0.15, 0.2) is 41.0 Å². The Morgan fingerprint density at radius 3 is 2.41 bits per heavy atom. The van der Waals surface area contributed by atoms with Crippen LogP contribution in [0.5, 0.6) is 17.2 Å². The number of amides is 1. The van der Waals surface area contributed by atoms with Gasteiger partial charge in [0.1, 0.15) is 5.76 Å². The molecule has 1 unspecified atom stereocenters. The topological polar surface area (TPSA) is 90.2 Å². The molecule has 2 aromatic rings. The van der Waals surface area contributed by atoms with Crippen molar-refractivity contribution in [3.63, 3.8) is 0 Å². The van der Waals surface area contributed by atoms with Gasteiger partial charge in [0, 0.05) is 19.0 Å². The van der Waals surface area contributed by atoms with Crippen molar-refractivity contribution in [2.24, 2.45) is 0 Å². The van der Waals surface area contributed by atoms with E-state index in [2.05, 4.69) is 5.32 Å². The largest absolute Gasteiger partial charge is 0.493 e. The Hall–Kier alpha value is -2.93. The third-order valence-electron chi connectivity index (χ3n) is 3.89.